The maximum Gasteiger partial charge on any atom is 0.248 e. The van der Waals surface area contributed by atoms with Gasteiger partial charge in [0.15, 0.2) is 0 Å². The van der Waals surface area contributed by atoms with Gasteiger partial charge in [0.1, 0.15) is 6.04 Å². The molecule has 3 heterocycles. The van der Waals surface area contributed by atoms with Crippen molar-refractivity contribution in [2.24, 2.45) is 0 Å². The average molecular weight is 460 g/mol. The molecular formula is C27H33N5O2. The van der Waals surface area contributed by atoms with E-state index in [4.69, 9.17) is 0 Å². The Morgan fingerprint density at radius 1 is 1.09 bits per heavy atom. The number of hydrogen-bond donors (Lipinski definition) is 3. The molecule has 3 N–H and O–H groups in total. The van der Waals surface area contributed by atoms with Crippen LogP contribution in [0.3, 0.4) is 0 Å². The van der Waals surface area contributed by atoms with Crippen molar-refractivity contribution in [2.75, 3.05) is 11.4 Å². The van der Waals surface area contributed by atoms with Crippen LogP contribution in [0.2, 0.25) is 0 Å². The van der Waals surface area contributed by atoms with Crippen LogP contribution in [0.1, 0.15) is 62.2 Å². The first-order chi connectivity index (χ1) is 16.6. The standard InChI is InChI=1S/C27H33N5O2/c1-18-15-19-11-12-22(16-24(19)30-18)32(27(34)23-10-6-14-29-23)25(20-7-5-13-28-17-20)26(33)31-21-8-3-2-4-9-21/h5,7,11-13,15-17,21,23,25,29-30H,2-4,6,8-10,14H2,1H3,(H,31,33)/t23-,25?/m1/s1. The van der Waals surface area contributed by atoms with Gasteiger partial charge in [-0.3, -0.25) is 19.5 Å². The molecule has 178 valence electrons. The van der Waals surface area contributed by atoms with Crippen molar-refractivity contribution in [1.29, 1.82) is 0 Å². The topological polar surface area (TPSA) is 90.1 Å². The fourth-order valence-electron chi connectivity index (χ4n) is 5.36. The molecule has 1 aliphatic carbocycles. The van der Waals surface area contributed by atoms with Gasteiger partial charge in [0.05, 0.1) is 6.04 Å². The van der Waals surface area contributed by atoms with Crippen molar-refractivity contribution < 1.29 is 9.59 Å². The largest absolute Gasteiger partial charge is 0.359 e. The molecule has 0 bridgehead atoms. The summed E-state index contributed by atoms with van der Waals surface area (Å²) >= 11 is 0. The summed E-state index contributed by atoms with van der Waals surface area (Å²) in [4.78, 5) is 37.1. The molecule has 5 rings (SSSR count). The molecule has 3 aromatic rings. The number of aryl methyl sites for hydroxylation is 1. The van der Waals surface area contributed by atoms with E-state index in [1.165, 1.54) is 6.42 Å². The lowest BCUT2D eigenvalue weighted by Gasteiger charge is -2.34. The van der Waals surface area contributed by atoms with Crippen molar-refractivity contribution in [2.45, 2.75) is 70.0 Å². The van der Waals surface area contributed by atoms with Gasteiger partial charge in [-0.15, -0.1) is 0 Å². The molecule has 1 unspecified atom stereocenters. The Bertz CT molecular complexity index is 1150. The number of nitrogens with one attached hydrogen (secondary N) is 3. The van der Waals surface area contributed by atoms with Crippen molar-refractivity contribution in [3.8, 4) is 0 Å². The van der Waals surface area contributed by atoms with Crippen LogP contribution in [-0.2, 0) is 9.59 Å². The highest BCUT2D eigenvalue weighted by Gasteiger charge is 2.38. The summed E-state index contributed by atoms with van der Waals surface area (Å²) < 4.78 is 0. The van der Waals surface area contributed by atoms with E-state index in [1.807, 2.05) is 37.3 Å². The number of benzene rings is 1. The number of nitrogens with zero attached hydrogens (tertiary/aromatic N) is 2. The first-order valence-electron chi connectivity index (χ1n) is 12.5. The van der Waals surface area contributed by atoms with Gasteiger partial charge in [-0.25, -0.2) is 0 Å². The Balaban J connectivity index is 1.57. The zero-order chi connectivity index (χ0) is 23.5. The summed E-state index contributed by atoms with van der Waals surface area (Å²) in [5, 5.41) is 7.67. The monoisotopic (exact) mass is 459 g/mol. The SMILES string of the molecule is Cc1cc2ccc(N(C(=O)[C@H]3CCCN3)C(C(=O)NC3CCCCC3)c3cccnc3)cc2[nH]1. The number of H-pyrrole nitrogens is 1. The number of amides is 2. The van der Waals surface area contributed by atoms with E-state index < -0.39 is 6.04 Å². The highest BCUT2D eigenvalue weighted by Crippen LogP contribution is 2.32. The second kappa shape index (κ2) is 9.97. The van der Waals surface area contributed by atoms with Gasteiger partial charge < -0.3 is 15.6 Å². The van der Waals surface area contributed by atoms with Crippen LogP contribution in [-0.4, -0.2) is 40.4 Å². The second-order valence-electron chi connectivity index (χ2n) is 9.61. The zero-order valence-electron chi connectivity index (χ0n) is 19.7. The Morgan fingerprint density at radius 3 is 2.68 bits per heavy atom. The fourth-order valence-corrected chi connectivity index (χ4v) is 5.36. The van der Waals surface area contributed by atoms with E-state index in [2.05, 4.69) is 26.7 Å². The van der Waals surface area contributed by atoms with Crippen LogP contribution in [0.15, 0.2) is 48.8 Å². The Morgan fingerprint density at radius 2 is 1.94 bits per heavy atom. The molecule has 1 aliphatic heterocycles. The van der Waals surface area contributed by atoms with Gasteiger partial charge >= 0.3 is 0 Å². The van der Waals surface area contributed by atoms with Gasteiger partial charge in [0.25, 0.3) is 0 Å². The summed E-state index contributed by atoms with van der Waals surface area (Å²) in [6.45, 7) is 2.83. The maximum absolute atomic E-state index is 14.0. The predicted molar refractivity (Wildman–Crippen MR) is 134 cm³/mol. The molecular weight excluding hydrogens is 426 g/mol. The minimum absolute atomic E-state index is 0.0761. The van der Waals surface area contributed by atoms with E-state index in [1.54, 1.807) is 17.3 Å². The lowest BCUT2D eigenvalue weighted by molar-refractivity contribution is -0.128. The van der Waals surface area contributed by atoms with E-state index >= 15 is 0 Å². The maximum atomic E-state index is 14.0. The highest BCUT2D eigenvalue weighted by molar-refractivity contribution is 6.05. The first-order valence-corrected chi connectivity index (χ1v) is 12.5. The quantitative estimate of drug-likeness (QED) is 0.517. The molecule has 0 spiro atoms. The normalized spacial score (nSPS) is 19.7. The van der Waals surface area contributed by atoms with E-state index in [9.17, 15) is 9.59 Å². The zero-order valence-corrected chi connectivity index (χ0v) is 19.7. The molecule has 7 nitrogen and oxygen atoms in total. The molecule has 0 radical (unpaired) electrons. The molecule has 2 fully saturated rings. The van der Waals surface area contributed by atoms with Crippen LogP contribution >= 0.6 is 0 Å². The Labute approximate surface area is 200 Å². The van der Waals surface area contributed by atoms with Crippen LogP contribution in [0, 0.1) is 6.92 Å². The molecule has 1 saturated heterocycles. The average Bonchev–Trinajstić information content (AvgIpc) is 3.52. The molecule has 34 heavy (non-hydrogen) atoms. The van der Waals surface area contributed by atoms with E-state index in [0.29, 0.717) is 11.3 Å². The number of carbonyl (C=O) groups excluding carboxylic acids is 2. The van der Waals surface area contributed by atoms with Gasteiger partial charge in [0, 0.05) is 40.9 Å². The van der Waals surface area contributed by atoms with Crippen molar-refractivity contribution >= 4 is 28.4 Å². The van der Waals surface area contributed by atoms with Gasteiger partial charge in [-0.2, -0.15) is 0 Å². The van der Waals surface area contributed by atoms with Crippen LogP contribution in [0.4, 0.5) is 5.69 Å². The number of anilines is 1. The molecule has 2 aliphatic rings. The third-order valence-corrected chi connectivity index (χ3v) is 7.07. The summed E-state index contributed by atoms with van der Waals surface area (Å²) in [7, 11) is 0. The number of rotatable bonds is 6. The van der Waals surface area contributed by atoms with Gasteiger partial charge in [-0.1, -0.05) is 31.4 Å². The van der Waals surface area contributed by atoms with Crippen LogP contribution < -0.4 is 15.5 Å². The molecule has 2 amide bonds. The third-order valence-electron chi connectivity index (χ3n) is 7.07. The molecule has 1 saturated carbocycles. The lowest BCUT2D eigenvalue weighted by atomic mass is 9.94. The minimum Gasteiger partial charge on any atom is -0.359 e. The highest BCUT2D eigenvalue weighted by atomic mass is 16.2. The Kier molecular flexibility index (Phi) is 6.63. The van der Waals surface area contributed by atoms with Crippen molar-refractivity contribution in [3.63, 3.8) is 0 Å². The number of fused-ring (bicyclic) bond motifs is 1. The molecule has 2 atom stereocenters. The number of carbonyl (C=O) groups is 2. The number of aromatic nitrogens is 2. The lowest BCUT2D eigenvalue weighted by Crippen LogP contribution is -2.51. The second-order valence-corrected chi connectivity index (χ2v) is 9.61. The van der Waals surface area contributed by atoms with Crippen molar-refractivity contribution in [1.82, 2.24) is 20.6 Å². The minimum atomic E-state index is -0.793. The predicted octanol–water partition coefficient (Wildman–Crippen LogP) is 4.15. The third kappa shape index (κ3) is 4.71. The van der Waals surface area contributed by atoms with Crippen molar-refractivity contribution in [3.05, 3.63) is 60.0 Å². The number of aromatic amines is 1. The number of pyridine rings is 1. The van der Waals surface area contributed by atoms with Crippen LogP contribution in [0.25, 0.3) is 10.9 Å². The smallest absolute Gasteiger partial charge is 0.248 e. The molecule has 1 aromatic carbocycles. The fraction of sp³-hybridized carbons (Fsp3) is 0.444. The summed E-state index contributed by atoms with van der Waals surface area (Å²) in [5.74, 6) is -0.221. The first kappa shape index (κ1) is 22.6. The Hall–Kier alpha value is -3.19. The summed E-state index contributed by atoms with van der Waals surface area (Å²) in [6.07, 6.45) is 10.5. The summed E-state index contributed by atoms with van der Waals surface area (Å²) in [6, 6.07) is 10.8. The van der Waals surface area contributed by atoms with Crippen LogP contribution in [0.5, 0.6) is 0 Å². The molecule has 7 heteroatoms. The molecule has 2 aromatic heterocycles. The van der Waals surface area contributed by atoms with Gasteiger partial charge in [-0.05, 0) is 68.8 Å². The van der Waals surface area contributed by atoms with Gasteiger partial charge in [0.2, 0.25) is 11.8 Å². The summed E-state index contributed by atoms with van der Waals surface area (Å²) in [5.41, 5.74) is 3.43. The van der Waals surface area contributed by atoms with E-state index in [-0.39, 0.29) is 23.9 Å². The van der Waals surface area contributed by atoms with E-state index in [0.717, 1.165) is 61.7 Å². The number of hydrogen-bond acceptors (Lipinski definition) is 4.